The first-order chi connectivity index (χ1) is 23.8. The van der Waals surface area contributed by atoms with Crippen LogP contribution in [-0.4, -0.2) is 0 Å². The van der Waals surface area contributed by atoms with Gasteiger partial charge in [0.25, 0.3) is 0 Å². The number of benzene rings is 9. The lowest BCUT2D eigenvalue weighted by Crippen LogP contribution is -1.90. The summed E-state index contributed by atoms with van der Waals surface area (Å²) >= 11 is 0. The molecule has 0 bridgehead atoms. The monoisotopic (exact) mass is 610 g/mol. The Morgan fingerprint density at radius 2 is 0.583 bits per heavy atom. The average molecular weight is 611 g/mol. The van der Waals surface area contributed by atoms with Crippen molar-refractivity contribution in [1.82, 2.24) is 0 Å². The van der Waals surface area contributed by atoms with E-state index in [0.29, 0.717) is 0 Å². The maximum absolute atomic E-state index is 6.48. The molecule has 0 aliphatic heterocycles. The minimum Gasteiger partial charge on any atom is -0.463 e. The van der Waals surface area contributed by atoms with Gasteiger partial charge in [-0.2, -0.15) is 0 Å². The van der Waals surface area contributed by atoms with E-state index in [1.807, 2.05) is 12.5 Å². The Labute approximate surface area is 275 Å². The summed E-state index contributed by atoms with van der Waals surface area (Å²) in [6.45, 7) is 0. The van der Waals surface area contributed by atoms with Gasteiger partial charge in [0.1, 0.15) is 11.2 Å². The van der Waals surface area contributed by atoms with E-state index >= 15 is 0 Å². The first-order valence-corrected chi connectivity index (χ1v) is 16.4. The molecule has 222 valence electrons. The summed E-state index contributed by atoms with van der Waals surface area (Å²) in [4.78, 5) is 0. The zero-order valence-electron chi connectivity index (χ0n) is 25.8. The molecule has 2 heteroatoms. The largest absolute Gasteiger partial charge is 0.463 e. The van der Waals surface area contributed by atoms with Gasteiger partial charge < -0.3 is 8.83 Å². The van der Waals surface area contributed by atoms with Crippen molar-refractivity contribution in [3.63, 3.8) is 0 Å². The van der Waals surface area contributed by atoms with Crippen LogP contribution in [0.25, 0.3) is 109 Å². The molecule has 0 N–H and O–H groups in total. The first kappa shape index (κ1) is 25.8. The number of hydrogen-bond donors (Lipinski definition) is 0. The lowest BCUT2D eigenvalue weighted by Gasteiger charge is -2.16. The molecule has 0 saturated heterocycles. The molecular weight excluding hydrogens is 585 g/mol. The molecule has 0 fully saturated rings. The first-order valence-electron chi connectivity index (χ1n) is 16.4. The van der Waals surface area contributed by atoms with Crippen LogP contribution >= 0.6 is 0 Å². The fraction of sp³-hybridized carbons (Fsp3) is 0. The van der Waals surface area contributed by atoms with Gasteiger partial charge in [0.05, 0.1) is 12.5 Å². The highest BCUT2D eigenvalue weighted by molar-refractivity contribution is 6.27. The molecule has 0 radical (unpaired) electrons. The molecule has 0 atom stereocenters. The van der Waals surface area contributed by atoms with Gasteiger partial charge in [-0.25, -0.2) is 0 Å². The number of rotatable bonds is 2. The predicted molar refractivity (Wildman–Crippen MR) is 202 cm³/mol. The SMILES string of the molecule is c1ccc2c(c1)ccc1c2ccc2c(-c3c4ccccc4c(-c4coc5c4ccc4c6ccccc6ccc45)c4ccccc34)coc21. The second kappa shape index (κ2) is 9.57. The molecule has 11 rings (SSSR count). The molecule has 0 spiro atoms. The van der Waals surface area contributed by atoms with Gasteiger partial charge in [0.15, 0.2) is 0 Å². The van der Waals surface area contributed by atoms with E-state index in [9.17, 15) is 0 Å². The average Bonchev–Trinajstić information content (AvgIpc) is 3.78. The topological polar surface area (TPSA) is 26.3 Å². The Balaban J connectivity index is 1.21. The van der Waals surface area contributed by atoms with Crippen molar-refractivity contribution < 1.29 is 8.83 Å². The second-order valence-electron chi connectivity index (χ2n) is 12.8. The third-order valence-corrected chi connectivity index (χ3v) is 10.4. The molecule has 11 aromatic rings. The summed E-state index contributed by atoms with van der Waals surface area (Å²) in [7, 11) is 0. The van der Waals surface area contributed by atoms with Gasteiger partial charge in [-0.1, -0.05) is 121 Å². The molecule has 2 aromatic heterocycles. The molecule has 0 amide bonds. The number of hydrogen-bond acceptors (Lipinski definition) is 2. The standard InChI is InChI=1S/C46H26O2/c1-3-11-29-27(9-1)17-19-37-31(29)21-23-39-41(25-47-45(37)39)43-33-13-5-7-15-35(33)44(36-16-8-6-14-34(36)43)42-26-48-46-38-20-18-28-10-2-4-12-30(28)32(38)22-24-40(42)46/h1-26H. The molecule has 0 aliphatic carbocycles. The maximum Gasteiger partial charge on any atom is 0.142 e. The zero-order chi connectivity index (χ0) is 31.3. The van der Waals surface area contributed by atoms with E-state index in [-0.39, 0.29) is 0 Å². The number of furan rings is 2. The van der Waals surface area contributed by atoms with E-state index in [1.54, 1.807) is 0 Å². The fourth-order valence-electron chi connectivity index (χ4n) is 8.26. The van der Waals surface area contributed by atoms with Crippen molar-refractivity contribution in [2.75, 3.05) is 0 Å². The van der Waals surface area contributed by atoms with Gasteiger partial charge in [-0.15, -0.1) is 0 Å². The van der Waals surface area contributed by atoms with Crippen molar-refractivity contribution >= 4 is 86.6 Å². The van der Waals surface area contributed by atoms with Crippen molar-refractivity contribution in [1.29, 1.82) is 0 Å². The summed E-state index contributed by atoms with van der Waals surface area (Å²) in [6, 6.07) is 52.4. The van der Waals surface area contributed by atoms with Crippen LogP contribution in [0.15, 0.2) is 167 Å². The van der Waals surface area contributed by atoms with Gasteiger partial charge >= 0.3 is 0 Å². The summed E-state index contributed by atoms with van der Waals surface area (Å²) in [5, 5.41) is 16.6. The van der Waals surface area contributed by atoms with E-state index in [2.05, 4.69) is 146 Å². The van der Waals surface area contributed by atoms with Crippen LogP contribution in [0.1, 0.15) is 0 Å². The van der Waals surface area contributed by atoms with Gasteiger partial charge in [-0.3, -0.25) is 0 Å². The van der Waals surface area contributed by atoms with E-state index in [4.69, 9.17) is 8.83 Å². The molecule has 0 saturated carbocycles. The molecule has 0 aliphatic rings. The fourth-order valence-corrected chi connectivity index (χ4v) is 8.26. The quantitative estimate of drug-likeness (QED) is 0.144. The molecule has 2 nitrogen and oxygen atoms in total. The van der Waals surface area contributed by atoms with E-state index in [1.165, 1.54) is 65.0 Å². The van der Waals surface area contributed by atoms with Crippen LogP contribution in [0.3, 0.4) is 0 Å². The van der Waals surface area contributed by atoms with Crippen molar-refractivity contribution in [3.05, 3.63) is 158 Å². The highest BCUT2D eigenvalue weighted by atomic mass is 16.3. The molecule has 2 heterocycles. The Kier molecular flexibility index (Phi) is 5.14. The van der Waals surface area contributed by atoms with E-state index in [0.717, 1.165) is 43.8 Å². The Hall–Kier alpha value is -6.38. The van der Waals surface area contributed by atoms with Crippen LogP contribution in [-0.2, 0) is 0 Å². The summed E-state index contributed by atoms with van der Waals surface area (Å²) in [5.74, 6) is 0. The third kappa shape index (κ3) is 3.41. The van der Waals surface area contributed by atoms with Crippen LogP contribution in [0.2, 0.25) is 0 Å². The lowest BCUT2D eigenvalue weighted by molar-refractivity contribution is 0.620. The molecule has 48 heavy (non-hydrogen) atoms. The zero-order valence-corrected chi connectivity index (χ0v) is 25.8. The highest BCUT2D eigenvalue weighted by Crippen LogP contribution is 2.48. The minimum atomic E-state index is 0.922. The van der Waals surface area contributed by atoms with Crippen LogP contribution in [0.5, 0.6) is 0 Å². The van der Waals surface area contributed by atoms with E-state index < -0.39 is 0 Å². The lowest BCUT2D eigenvalue weighted by atomic mass is 9.85. The Morgan fingerprint density at radius 1 is 0.250 bits per heavy atom. The Bertz CT molecular complexity index is 2850. The summed E-state index contributed by atoms with van der Waals surface area (Å²) in [5.41, 5.74) is 6.43. The number of fused-ring (bicyclic) bond motifs is 12. The normalized spacial score (nSPS) is 12.2. The maximum atomic E-state index is 6.48. The van der Waals surface area contributed by atoms with Gasteiger partial charge in [0, 0.05) is 43.8 Å². The predicted octanol–water partition coefficient (Wildman–Crippen LogP) is 13.4. The molecule has 9 aromatic carbocycles. The Morgan fingerprint density at radius 3 is 1.00 bits per heavy atom. The second-order valence-corrected chi connectivity index (χ2v) is 12.8. The van der Waals surface area contributed by atoms with Crippen molar-refractivity contribution in [3.8, 4) is 22.3 Å². The van der Waals surface area contributed by atoms with Crippen LogP contribution in [0, 0.1) is 0 Å². The highest BCUT2D eigenvalue weighted by Gasteiger charge is 2.22. The smallest absolute Gasteiger partial charge is 0.142 e. The van der Waals surface area contributed by atoms with Gasteiger partial charge in [-0.05, 0) is 78.1 Å². The summed E-state index contributed by atoms with van der Waals surface area (Å²) < 4.78 is 13.0. The molecular formula is C46H26O2. The third-order valence-electron chi connectivity index (χ3n) is 10.4. The van der Waals surface area contributed by atoms with Crippen molar-refractivity contribution in [2.45, 2.75) is 0 Å². The van der Waals surface area contributed by atoms with Gasteiger partial charge in [0.2, 0.25) is 0 Å². The van der Waals surface area contributed by atoms with Crippen LogP contribution in [0.4, 0.5) is 0 Å². The molecule has 0 unspecified atom stereocenters. The summed E-state index contributed by atoms with van der Waals surface area (Å²) in [6.07, 6.45) is 3.91. The van der Waals surface area contributed by atoms with Crippen LogP contribution < -0.4 is 0 Å². The minimum absolute atomic E-state index is 0.922. The van der Waals surface area contributed by atoms with Crippen molar-refractivity contribution in [2.24, 2.45) is 0 Å².